The average molecular weight is 309 g/mol. The van der Waals surface area contributed by atoms with Crippen LogP contribution in [0.25, 0.3) is 6.20 Å². The van der Waals surface area contributed by atoms with Crippen molar-refractivity contribution in [2.75, 3.05) is 5.84 Å². The maximum Gasteiger partial charge on any atom is 0.271 e. The molecule has 1 heterocycles. The quantitative estimate of drug-likeness (QED) is 0.511. The van der Waals surface area contributed by atoms with E-state index in [2.05, 4.69) is 6.58 Å². The van der Waals surface area contributed by atoms with Gasteiger partial charge in [0, 0.05) is 0 Å². The highest BCUT2D eigenvalue weighted by Crippen LogP contribution is 2.20. The van der Waals surface area contributed by atoms with Crippen LogP contribution in [-0.4, -0.2) is 17.6 Å². The number of benzene rings is 1. The van der Waals surface area contributed by atoms with Crippen LogP contribution in [0.4, 0.5) is 0 Å². The second-order valence-electron chi connectivity index (χ2n) is 4.67. The Morgan fingerprint density at radius 1 is 1.29 bits per heavy atom. The standard InChI is InChI=1S/C9H12O3S.C5H8N3/c1-6-4-7(2)9(8(3)5-6)13(10,11)12;1-2-7-3-4-8(6)5-7/h4-5H,1-3H3,(H,10,11,12);2-5H,1,6H2/q;+1/p-1. The first-order valence-corrected chi connectivity index (χ1v) is 7.56. The summed E-state index contributed by atoms with van der Waals surface area (Å²) in [6.45, 7) is 8.66. The molecule has 2 aromatic rings. The summed E-state index contributed by atoms with van der Waals surface area (Å²) in [6, 6.07) is 3.38. The lowest BCUT2D eigenvalue weighted by molar-refractivity contribution is -0.567. The normalized spacial score (nSPS) is 10.7. The Hall–Kier alpha value is -2.12. The van der Waals surface area contributed by atoms with Gasteiger partial charge in [0.15, 0.2) is 6.20 Å². The van der Waals surface area contributed by atoms with Crippen LogP contribution in [0, 0.1) is 20.8 Å². The van der Waals surface area contributed by atoms with E-state index < -0.39 is 10.1 Å². The van der Waals surface area contributed by atoms with Gasteiger partial charge in [-0.25, -0.2) is 13.0 Å². The third kappa shape index (κ3) is 4.73. The summed E-state index contributed by atoms with van der Waals surface area (Å²) in [7, 11) is -4.33. The number of nitrogens with two attached hydrogens (primary N) is 1. The van der Waals surface area contributed by atoms with Crippen molar-refractivity contribution in [3.63, 3.8) is 0 Å². The molecule has 0 spiro atoms. The van der Waals surface area contributed by atoms with Crippen LogP contribution in [0.2, 0.25) is 0 Å². The zero-order chi connectivity index (χ0) is 16.2. The van der Waals surface area contributed by atoms with Gasteiger partial charge in [0.2, 0.25) is 0 Å². The van der Waals surface area contributed by atoms with Crippen molar-refractivity contribution in [3.05, 3.63) is 54.1 Å². The summed E-state index contributed by atoms with van der Waals surface area (Å²) >= 11 is 0. The molecule has 0 aliphatic heterocycles. The number of aryl methyl sites for hydroxylation is 3. The van der Waals surface area contributed by atoms with Gasteiger partial charge in [-0.2, -0.15) is 0 Å². The molecule has 0 atom stereocenters. The molecule has 2 rings (SSSR count). The van der Waals surface area contributed by atoms with E-state index in [0.717, 1.165) is 5.56 Å². The maximum absolute atomic E-state index is 10.8. The lowest BCUT2D eigenvalue weighted by Gasteiger charge is -2.14. The van der Waals surface area contributed by atoms with Crippen LogP contribution in [0.1, 0.15) is 16.7 Å². The van der Waals surface area contributed by atoms with Crippen molar-refractivity contribution in [2.24, 2.45) is 0 Å². The smallest absolute Gasteiger partial charge is 0.271 e. The van der Waals surface area contributed by atoms with Crippen molar-refractivity contribution in [2.45, 2.75) is 25.7 Å². The number of hydrogen-bond donors (Lipinski definition) is 1. The van der Waals surface area contributed by atoms with Crippen molar-refractivity contribution in [1.29, 1.82) is 0 Å². The van der Waals surface area contributed by atoms with Gasteiger partial charge in [-0.05, 0) is 31.9 Å². The average Bonchev–Trinajstić information content (AvgIpc) is 2.72. The number of aromatic nitrogens is 2. The Bertz CT molecular complexity index is 726. The highest BCUT2D eigenvalue weighted by atomic mass is 32.2. The Labute approximate surface area is 124 Å². The first-order chi connectivity index (χ1) is 9.65. The van der Waals surface area contributed by atoms with E-state index in [0.29, 0.717) is 11.1 Å². The van der Waals surface area contributed by atoms with E-state index in [-0.39, 0.29) is 4.90 Å². The van der Waals surface area contributed by atoms with Gasteiger partial charge in [-0.3, -0.25) is 5.84 Å². The van der Waals surface area contributed by atoms with E-state index in [4.69, 9.17) is 5.84 Å². The molecule has 6 nitrogen and oxygen atoms in total. The van der Waals surface area contributed by atoms with Crippen molar-refractivity contribution < 1.29 is 17.5 Å². The molecule has 0 amide bonds. The summed E-state index contributed by atoms with van der Waals surface area (Å²) < 4.78 is 35.7. The van der Waals surface area contributed by atoms with Crippen molar-refractivity contribution >= 4 is 16.3 Å². The third-order valence-electron chi connectivity index (χ3n) is 2.74. The molecule has 0 bridgehead atoms. The van der Waals surface area contributed by atoms with Gasteiger partial charge in [0.05, 0.1) is 11.1 Å². The van der Waals surface area contributed by atoms with Crippen LogP contribution < -0.4 is 10.4 Å². The first-order valence-electron chi connectivity index (χ1n) is 6.15. The number of nitrogens with zero attached hydrogens (tertiary/aromatic N) is 2. The molecule has 1 aromatic carbocycles. The van der Waals surface area contributed by atoms with Crippen molar-refractivity contribution in [3.8, 4) is 0 Å². The van der Waals surface area contributed by atoms with Gasteiger partial charge in [0.25, 0.3) is 6.33 Å². The van der Waals surface area contributed by atoms with Gasteiger partial charge in [-0.15, -0.1) is 4.68 Å². The van der Waals surface area contributed by atoms with Gasteiger partial charge >= 0.3 is 0 Å². The second-order valence-corrected chi connectivity index (χ2v) is 5.99. The third-order valence-corrected chi connectivity index (χ3v) is 3.89. The number of imidazole rings is 1. The van der Waals surface area contributed by atoms with Crippen molar-refractivity contribution in [1.82, 2.24) is 4.68 Å². The monoisotopic (exact) mass is 309 g/mol. The lowest BCUT2D eigenvalue weighted by Crippen LogP contribution is -2.22. The Morgan fingerprint density at radius 3 is 2.10 bits per heavy atom. The van der Waals surface area contributed by atoms with Gasteiger partial charge < -0.3 is 4.55 Å². The largest absolute Gasteiger partial charge is 0.744 e. The summed E-state index contributed by atoms with van der Waals surface area (Å²) in [4.78, 5) is -0.0851. The van der Waals surface area contributed by atoms with Crippen LogP contribution in [0.5, 0.6) is 0 Å². The highest BCUT2D eigenvalue weighted by Gasteiger charge is 2.09. The maximum atomic E-state index is 10.8. The predicted molar refractivity (Wildman–Crippen MR) is 79.8 cm³/mol. The minimum absolute atomic E-state index is 0.0851. The van der Waals surface area contributed by atoms with E-state index in [1.807, 2.05) is 13.1 Å². The molecule has 21 heavy (non-hydrogen) atoms. The molecule has 114 valence electrons. The van der Waals surface area contributed by atoms with Gasteiger partial charge in [0.1, 0.15) is 16.3 Å². The SMILES string of the molecule is C=C[n+]1ccn(N)c1.Cc1cc(C)c(S(=O)(=O)[O-])c(C)c1. The fraction of sp³-hybridized carbons (Fsp3) is 0.214. The Balaban J connectivity index is 0.000000235. The summed E-state index contributed by atoms with van der Waals surface area (Å²) in [6.07, 6.45) is 6.94. The zero-order valence-electron chi connectivity index (χ0n) is 12.3. The fourth-order valence-electron chi connectivity index (χ4n) is 2.05. The molecule has 0 unspecified atom stereocenters. The molecule has 1 aromatic heterocycles. The number of hydrogen-bond acceptors (Lipinski definition) is 4. The summed E-state index contributed by atoms with van der Waals surface area (Å²) in [5, 5.41) is 0. The van der Waals surface area contributed by atoms with Crippen LogP contribution in [0.3, 0.4) is 0 Å². The second kappa shape index (κ2) is 6.55. The summed E-state index contributed by atoms with van der Waals surface area (Å²) in [5.74, 6) is 5.30. The minimum atomic E-state index is -4.33. The Kier molecular flexibility index (Phi) is 5.28. The molecule has 0 saturated carbocycles. The van der Waals surface area contributed by atoms with E-state index >= 15 is 0 Å². The highest BCUT2D eigenvalue weighted by molar-refractivity contribution is 7.85. The molecule has 0 aliphatic carbocycles. The van der Waals surface area contributed by atoms with Crippen LogP contribution in [-0.2, 0) is 10.1 Å². The Morgan fingerprint density at radius 2 is 1.81 bits per heavy atom. The van der Waals surface area contributed by atoms with Crippen LogP contribution in [0.15, 0.2) is 42.3 Å². The van der Waals surface area contributed by atoms with Gasteiger partial charge in [-0.1, -0.05) is 24.3 Å². The van der Waals surface area contributed by atoms with Crippen LogP contribution >= 0.6 is 0 Å². The molecule has 0 radical (unpaired) electrons. The molecule has 0 aliphatic rings. The molecule has 2 N–H and O–H groups in total. The number of nitrogen functional groups attached to an aromatic ring is 1. The number of rotatable bonds is 2. The topological polar surface area (TPSA) is 92.0 Å². The van der Waals surface area contributed by atoms with E-state index in [1.54, 1.807) is 49.3 Å². The van der Waals surface area contributed by atoms with E-state index in [1.165, 1.54) is 4.68 Å². The molecule has 0 fully saturated rings. The minimum Gasteiger partial charge on any atom is -0.744 e. The molecular weight excluding hydrogens is 290 g/mol. The molecule has 0 saturated heterocycles. The van der Waals surface area contributed by atoms with E-state index in [9.17, 15) is 13.0 Å². The molecular formula is C14H19N3O3S. The lowest BCUT2D eigenvalue weighted by atomic mass is 10.1. The molecule has 7 heteroatoms. The first kappa shape index (κ1) is 16.9. The zero-order valence-corrected chi connectivity index (χ0v) is 13.1. The predicted octanol–water partition coefficient (Wildman–Crippen LogP) is 1.11. The summed E-state index contributed by atoms with van der Waals surface area (Å²) in [5.41, 5.74) is 2.00. The fourth-order valence-corrected chi connectivity index (χ4v) is 2.96.